The fourth-order valence-corrected chi connectivity index (χ4v) is 6.50. The van der Waals surface area contributed by atoms with Crippen LogP contribution in [0.15, 0.2) is 101 Å². The number of hydrogen-bond acceptors (Lipinski definition) is 7. The first-order chi connectivity index (χ1) is 20.9. The van der Waals surface area contributed by atoms with Gasteiger partial charge in [0.05, 0.1) is 11.4 Å². The Morgan fingerprint density at radius 1 is 0.977 bits per heavy atom. The second-order valence-electron chi connectivity index (χ2n) is 10.1. The molecule has 0 spiro atoms. The monoisotopic (exact) mass is 617 g/mol. The lowest BCUT2D eigenvalue weighted by molar-refractivity contribution is 0.0564. The first-order valence-corrected chi connectivity index (χ1v) is 14.8. The number of alkyl halides is 2. The number of halogens is 4. The predicted octanol–water partition coefficient (Wildman–Crippen LogP) is 7.69. The molecule has 0 unspecified atom stereocenters. The molecule has 0 bridgehead atoms. The molecule has 12 heteroatoms. The van der Waals surface area contributed by atoms with E-state index in [1.165, 1.54) is 29.7 Å². The Kier molecular flexibility index (Phi) is 7.20. The minimum atomic E-state index is -2.80. The van der Waals surface area contributed by atoms with E-state index >= 15 is 0 Å². The number of hydrogen-bond donors (Lipinski definition) is 1. The molecule has 1 saturated heterocycles. The van der Waals surface area contributed by atoms with Crippen LogP contribution in [0.25, 0.3) is 16.8 Å². The maximum Gasteiger partial charge on any atom is 0.333 e. The third-order valence-corrected chi connectivity index (χ3v) is 8.52. The Morgan fingerprint density at radius 3 is 2.63 bits per heavy atom. The largest absolute Gasteiger partial charge is 0.380 e. The summed E-state index contributed by atoms with van der Waals surface area (Å²) in [5.74, 6) is 0.156. The number of thiazole rings is 1. The van der Waals surface area contributed by atoms with Crippen LogP contribution < -0.4 is 5.32 Å². The average molecular weight is 618 g/mol. The number of pyridine rings is 1. The predicted molar refractivity (Wildman–Crippen MR) is 162 cm³/mol. The van der Waals surface area contributed by atoms with Gasteiger partial charge in [0, 0.05) is 76.1 Å². The van der Waals surface area contributed by atoms with E-state index in [1.54, 1.807) is 24.5 Å². The van der Waals surface area contributed by atoms with Crippen LogP contribution in [0.2, 0.25) is 5.02 Å². The van der Waals surface area contributed by atoms with Crippen LogP contribution in [-0.2, 0) is 0 Å². The van der Waals surface area contributed by atoms with Crippen molar-refractivity contribution < 1.29 is 13.2 Å². The van der Waals surface area contributed by atoms with Crippen LogP contribution in [0.4, 0.5) is 18.9 Å². The van der Waals surface area contributed by atoms with E-state index in [2.05, 4.69) is 31.3 Å². The molecular formula is C31H23ClF3N7S. The zero-order valence-corrected chi connectivity index (χ0v) is 24.0. The molecular weight excluding hydrogens is 595 g/mol. The molecule has 7 nitrogen and oxygen atoms in total. The third-order valence-electron chi connectivity index (χ3n) is 7.42. The Morgan fingerprint density at radius 2 is 1.88 bits per heavy atom. The molecule has 5 heterocycles. The molecule has 43 heavy (non-hydrogen) atoms. The van der Waals surface area contributed by atoms with Gasteiger partial charge >= 0.3 is 6.55 Å². The lowest BCUT2D eigenvalue weighted by atomic mass is 9.92. The molecule has 0 saturated carbocycles. The number of fused-ring (bicyclic) bond motifs is 1. The van der Waals surface area contributed by atoms with Gasteiger partial charge in [0.2, 0.25) is 0 Å². The molecule has 0 aliphatic carbocycles. The second-order valence-corrected chi connectivity index (χ2v) is 11.4. The average Bonchev–Trinajstić information content (AvgIpc) is 3.79. The normalized spacial score (nSPS) is 18.3. The topological polar surface area (TPSA) is 71.2 Å². The minimum Gasteiger partial charge on any atom is -0.380 e. The quantitative estimate of drug-likeness (QED) is 0.203. The van der Waals surface area contributed by atoms with Crippen molar-refractivity contribution in [3.05, 3.63) is 124 Å². The Labute approximate surface area is 254 Å². The number of rotatable bonds is 7. The Balaban J connectivity index is 1.32. The first-order valence-electron chi connectivity index (χ1n) is 13.5. The van der Waals surface area contributed by atoms with Crippen molar-refractivity contribution >= 4 is 40.0 Å². The summed E-state index contributed by atoms with van der Waals surface area (Å²) < 4.78 is 41.9. The van der Waals surface area contributed by atoms with Gasteiger partial charge in [0.1, 0.15) is 11.9 Å². The summed E-state index contributed by atoms with van der Waals surface area (Å²) >= 11 is 8.01. The second kappa shape index (κ2) is 11.3. The summed E-state index contributed by atoms with van der Waals surface area (Å²) in [4.78, 5) is 16.2. The Bertz CT molecular complexity index is 1840. The molecule has 3 aromatic heterocycles. The van der Waals surface area contributed by atoms with Gasteiger partial charge in [-0.1, -0.05) is 35.9 Å². The summed E-state index contributed by atoms with van der Waals surface area (Å²) in [6.07, 6.45) is 5.26. The van der Waals surface area contributed by atoms with Gasteiger partial charge in [0.25, 0.3) is 0 Å². The lowest BCUT2D eigenvalue weighted by Crippen LogP contribution is -2.35. The highest BCUT2D eigenvalue weighted by Gasteiger charge is 2.41. The van der Waals surface area contributed by atoms with Gasteiger partial charge in [-0.25, -0.2) is 14.1 Å². The van der Waals surface area contributed by atoms with Crippen LogP contribution >= 0.6 is 22.9 Å². The van der Waals surface area contributed by atoms with Crippen LogP contribution in [0.1, 0.15) is 35.3 Å². The van der Waals surface area contributed by atoms with Crippen molar-refractivity contribution in [1.82, 2.24) is 24.6 Å². The van der Waals surface area contributed by atoms with Crippen molar-refractivity contribution in [1.29, 1.82) is 0 Å². The maximum absolute atomic E-state index is 14.1. The molecule has 7 rings (SSSR count). The number of amidine groups is 1. The maximum atomic E-state index is 14.1. The SMILES string of the molecule is Fc1ccc([C@@H]2N=C(c3nccs3)N3C[C@@H](Nc4cccc(-c5ccccn5)c4)CC3=C2c2ccn(C(F)F)n2)c(Cl)c1. The van der Waals surface area contributed by atoms with E-state index in [0.29, 0.717) is 45.3 Å². The molecule has 2 aromatic carbocycles. The minimum absolute atomic E-state index is 0.0613. The number of anilines is 1. The molecule has 2 aliphatic rings. The zero-order chi connectivity index (χ0) is 29.5. The van der Waals surface area contributed by atoms with Gasteiger partial charge in [0.15, 0.2) is 10.8 Å². The van der Waals surface area contributed by atoms with Gasteiger partial charge < -0.3 is 10.2 Å². The van der Waals surface area contributed by atoms with Crippen LogP contribution in [-0.4, -0.2) is 43.1 Å². The standard InChI is InChI=1S/C31H23ClF3N7S/c32-23-15-19(33)7-8-22(23)28-27(25-9-12-42(40-25)31(34)35)26-16-21(17-41(26)29(39-28)30-37-11-13-43-30)38-20-5-3-4-18(14-20)24-6-1-2-10-36-24/h1-15,21,28,31,38H,16-17H2/t21-,28-/m0/s1. The van der Waals surface area contributed by atoms with Crippen LogP contribution in [0.3, 0.4) is 0 Å². The van der Waals surface area contributed by atoms with Crippen molar-refractivity contribution in [2.45, 2.75) is 25.1 Å². The number of aliphatic imine (C=N–C) groups is 1. The summed E-state index contributed by atoms with van der Waals surface area (Å²) in [6, 6.07) is 18.7. The van der Waals surface area contributed by atoms with E-state index < -0.39 is 18.4 Å². The third kappa shape index (κ3) is 5.30. The van der Waals surface area contributed by atoms with E-state index in [9.17, 15) is 13.2 Å². The highest BCUT2D eigenvalue weighted by atomic mass is 35.5. The first kappa shape index (κ1) is 27.4. The van der Waals surface area contributed by atoms with Gasteiger partial charge in [-0.2, -0.15) is 13.9 Å². The molecule has 216 valence electrons. The molecule has 5 aromatic rings. The highest BCUT2D eigenvalue weighted by Crippen LogP contribution is 2.46. The molecule has 2 atom stereocenters. The number of nitrogens with one attached hydrogen (secondary N) is 1. The fourth-order valence-electron chi connectivity index (χ4n) is 5.59. The number of nitrogens with zero attached hydrogens (tertiary/aromatic N) is 6. The smallest absolute Gasteiger partial charge is 0.333 e. The summed E-state index contributed by atoms with van der Waals surface area (Å²) in [5, 5.41) is 10.6. The molecule has 1 N–H and O–H groups in total. The molecule has 1 fully saturated rings. The van der Waals surface area contributed by atoms with Crippen molar-refractivity contribution in [2.75, 3.05) is 11.9 Å². The van der Waals surface area contributed by atoms with E-state index in [-0.39, 0.29) is 11.1 Å². The molecule has 0 amide bonds. The zero-order valence-electron chi connectivity index (χ0n) is 22.4. The van der Waals surface area contributed by atoms with Crippen molar-refractivity contribution in [2.24, 2.45) is 4.99 Å². The van der Waals surface area contributed by atoms with E-state index in [4.69, 9.17) is 16.6 Å². The van der Waals surface area contributed by atoms with E-state index in [0.717, 1.165) is 22.6 Å². The van der Waals surface area contributed by atoms with Crippen molar-refractivity contribution in [3.8, 4) is 11.3 Å². The van der Waals surface area contributed by atoms with E-state index in [1.807, 2.05) is 41.8 Å². The highest BCUT2D eigenvalue weighted by molar-refractivity contribution is 7.11. The Hall–Kier alpha value is -4.48. The summed E-state index contributed by atoms with van der Waals surface area (Å²) in [5.41, 5.74) is 5.17. The fraction of sp³-hybridized carbons (Fsp3) is 0.161. The van der Waals surface area contributed by atoms with Gasteiger partial charge in [-0.15, -0.1) is 11.3 Å². The molecule has 2 aliphatic heterocycles. The molecule has 0 radical (unpaired) electrons. The van der Waals surface area contributed by atoms with Crippen LogP contribution in [0, 0.1) is 5.82 Å². The van der Waals surface area contributed by atoms with Crippen LogP contribution in [0.5, 0.6) is 0 Å². The van der Waals surface area contributed by atoms with Gasteiger partial charge in [-0.3, -0.25) is 9.98 Å². The lowest BCUT2D eigenvalue weighted by Gasteiger charge is -2.32. The van der Waals surface area contributed by atoms with Crippen molar-refractivity contribution in [3.63, 3.8) is 0 Å². The number of benzene rings is 2. The summed E-state index contributed by atoms with van der Waals surface area (Å²) in [7, 11) is 0. The summed E-state index contributed by atoms with van der Waals surface area (Å²) in [6.45, 7) is -2.25. The number of aromatic nitrogens is 4. The van der Waals surface area contributed by atoms with Gasteiger partial charge in [-0.05, 0) is 42.5 Å².